The zero-order valence-electron chi connectivity index (χ0n) is 7.34. The molecule has 0 saturated heterocycles. The van der Waals surface area contributed by atoms with Gasteiger partial charge in [-0.1, -0.05) is 19.8 Å². The third-order valence-electron chi connectivity index (χ3n) is 2.39. The van der Waals surface area contributed by atoms with E-state index in [0.717, 1.165) is 25.8 Å². The highest BCUT2D eigenvalue weighted by Gasteiger charge is 2.21. The largest absolute Gasteiger partial charge is 0.392 e. The maximum Gasteiger partial charge on any atom is 0.0693 e. The van der Waals surface area contributed by atoms with Gasteiger partial charge in [0.05, 0.1) is 6.10 Å². The van der Waals surface area contributed by atoms with E-state index in [9.17, 15) is 5.11 Å². The molecule has 2 heteroatoms. The van der Waals surface area contributed by atoms with Gasteiger partial charge in [-0.3, -0.25) is 0 Å². The molecule has 1 fully saturated rings. The minimum Gasteiger partial charge on any atom is -0.392 e. The summed E-state index contributed by atoms with van der Waals surface area (Å²) in [5.74, 6) is 0. The number of aliphatic hydroxyl groups excluding tert-OH is 1. The van der Waals surface area contributed by atoms with Crippen molar-refractivity contribution in [1.29, 1.82) is 0 Å². The summed E-state index contributed by atoms with van der Waals surface area (Å²) in [5, 5.41) is 12.9. The molecule has 0 aromatic carbocycles. The summed E-state index contributed by atoms with van der Waals surface area (Å²) in [5.41, 5.74) is 0. The number of nitrogens with one attached hydrogen (secondary N) is 1. The SMILES string of the molecule is CCCNC1CCCCC1O. The van der Waals surface area contributed by atoms with Crippen molar-refractivity contribution in [2.75, 3.05) is 6.54 Å². The fraction of sp³-hybridized carbons (Fsp3) is 1.00. The van der Waals surface area contributed by atoms with Crippen molar-refractivity contribution in [2.24, 2.45) is 0 Å². The van der Waals surface area contributed by atoms with Crippen LogP contribution in [0.2, 0.25) is 0 Å². The molecule has 0 aromatic heterocycles. The Morgan fingerprint density at radius 2 is 2.09 bits per heavy atom. The van der Waals surface area contributed by atoms with Gasteiger partial charge < -0.3 is 10.4 Å². The van der Waals surface area contributed by atoms with E-state index in [2.05, 4.69) is 12.2 Å². The van der Waals surface area contributed by atoms with Gasteiger partial charge in [0.25, 0.3) is 0 Å². The molecule has 1 rings (SSSR count). The van der Waals surface area contributed by atoms with Gasteiger partial charge in [0.2, 0.25) is 0 Å². The summed E-state index contributed by atoms with van der Waals surface area (Å²) >= 11 is 0. The Balaban J connectivity index is 2.18. The zero-order chi connectivity index (χ0) is 8.10. The highest BCUT2D eigenvalue weighted by atomic mass is 16.3. The smallest absolute Gasteiger partial charge is 0.0693 e. The van der Waals surface area contributed by atoms with Crippen LogP contribution >= 0.6 is 0 Å². The Hall–Kier alpha value is -0.0800. The second-order valence-electron chi connectivity index (χ2n) is 3.41. The molecule has 0 aromatic rings. The van der Waals surface area contributed by atoms with Crippen LogP contribution in [0.5, 0.6) is 0 Å². The Bertz CT molecular complexity index is 106. The molecule has 1 saturated carbocycles. The fourth-order valence-corrected chi connectivity index (χ4v) is 1.68. The Kier molecular flexibility index (Phi) is 3.87. The van der Waals surface area contributed by atoms with Gasteiger partial charge in [-0.25, -0.2) is 0 Å². The third-order valence-corrected chi connectivity index (χ3v) is 2.39. The molecule has 0 aliphatic heterocycles. The van der Waals surface area contributed by atoms with Gasteiger partial charge in [-0.05, 0) is 25.8 Å². The number of hydrogen-bond donors (Lipinski definition) is 2. The Morgan fingerprint density at radius 1 is 1.36 bits per heavy atom. The molecule has 0 bridgehead atoms. The number of rotatable bonds is 3. The van der Waals surface area contributed by atoms with E-state index in [0.29, 0.717) is 6.04 Å². The second-order valence-corrected chi connectivity index (χ2v) is 3.41. The lowest BCUT2D eigenvalue weighted by Gasteiger charge is -2.28. The monoisotopic (exact) mass is 157 g/mol. The minimum absolute atomic E-state index is 0.0877. The van der Waals surface area contributed by atoms with E-state index in [1.165, 1.54) is 12.8 Å². The van der Waals surface area contributed by atoms with Crippen LogP contribution in [0.3, 0.4) is 0 Å². The lowest BCUT2D eigenvalue weighted by molar-refractivity contribution is 0.0912. The zero-order valence-corrected chi connectivity index (χ0v) is 7.34. The van der Waals surface area contributed by atoms with E-state index < -0.39 is 0 Å². The molecule has 0 spiro atoms. The fourth-order valence-electron chi connectivity index (χ4n) is 1.68. The van der Waals surface area contributed by atoms with E-state index in [4.69, 9.17) is 0 Å². The van der Waals surface area contributed by atoms with Crippen LogP contribution in [-0.2, 0) is 0 Å². The first-order chi connectivity index (χ1) is 5.34. The molecular formula is C9H19NO. The van der Waals surface area contributed by atoms with Crippen molar-refractivity contribution in [3.05, 3.63) is 0 Å². The summed E-state index contributed by atoms with van der Waals surface area (Å²) in [6.45, 7) is 3.20. The quantitative estimate of drug-likeness (QED) is 0.647. The summed E-state index contributed by atoms with van der Waals surface area (Å²) < 4.78 is 0. The van der Waals surface area contributed by atoms with Crippen molar-refractivity contribution in [3.8, 4) is 0 Å². The van der Waals surface area contributed by atoms with Crippen LogP contribution < -0.4 is 5.32 Å². The van der Waals surface area contributed by atoms with Crippen LogP contribution in [0, 0.1) is 0 Å². The summed E-state index contributed by atoms with van der Waals surface area (Å²) in [6, 6.07) is 0.378. The van der Waals surface area contributed by atoms with E-state index in [1.807, 2.05) is 0 Å². The third kappa shape index (κ3) is 2.80. The van der Waals surface area contributed by atoms with Gasteiger partial charge in [0.1, 0.15) is 0 Å². The van der Waals surface area contributed by atoms with Crippen molar-refractivity contribution >= 4 is 0 Å². The molecule has 2 N–H and O–H groups in total. The van der Waals surface area contributed by atoms with Crippen LogP contribution in [0.25, 0.3) is 0 Å². The van der Waals surface area contributed by atoms with Crippen LogP contribution in [0.1, 0.15) is 39.0 Å². The maximum atomic E-state index is 9.53. The van der Waals surface area contributed by atoms with Crippen molar-refractivity contribution in [3.63, 3.8) is 0 Å². The first-order valence-corrected chi connectivity index (χ1v) is 4.76. The van der Waals surface area contributed by atoms with Gasteiger partial charge in [-0.15, -0.1) is 0 Å². The molecule has 0 amide bonds. The highest BCUT2D eigenvalue weighted by Crippen LogP contribution is 2.17. The van der Waals surface area contributed by atoms with Gasteiger partial charge in [0.15, 0.2) is 0 Å². The standard InChI is InChI=1S/C9H19NO/c1-2-7-10-8-5-3-4-6-9(8)11/h8-11H,2-7H2,1H3. The molecule has 66 valence electrons. The van der Waals surface area contributed by atoms with E-state index >= 15 is 0 Å². The minimum atomic E-state index is -0.0877. The molecule has 0 heterocycles. The topological polar surface area (TPSA) is 32.3 Å². The molecule has 2 unspecified atom stereocenters. The maximum absolute atomic E-state index is 9.53. The molecule has 2 nitrogen and oxygen atoms in total. The average Bonchev–Trinajstić information content (AvgIpc) is 2.03. The van der Waals surface area contributed by atoms with Crippen LogP contribution in [-0.4, -0.2) is 23.8 Å². The number of aliphatic hydroxyl groups is 1. The predicted molar refractivity (Wildman–Crippen MR) is 46.6 cm³/mol. The van der Waals surface area contributed by atoms with E-state index in [1.54, 1.807) is 0 Å². The van der Waals surface area contributed by atoms with Crippen molar-refractivity contribution in [1.82, 2.24) is 5.32 Å². The average molecular weight is 157 g/mol. The van der Waals surface area contributed by atoms with Crippen molar-refractivity contribution in [2.45, 2.75) is 51.2 Å². The van der Waals surface area contributed by atoms with Crippen molar-refractivity contribution < 1.29 is 5.11 Å². The summed E-state index contributed by atoms with van der Waals surface area (Å²) in [7, 11) is 0. The van der Waals surface area contributed by atoms with E-state index in [-0.39, 0.29) is 6.10 Å². The molecule has 1 aliphatic rings. The summed E-state index contributed by atoms with van der Waals surface area (Å²) in [4.78, 5) is 0. The van der Waals surface area contributed by atoms with Crippen LogP contribution in [0.4, 0.5) is 0 Å². The predicted octanol–water partition coefficient (Wildman–Crippen LogP) is 1.29. The molecule has 2 atom stereocenters. The summed E-state index contributed by atoms with van der Waals surface area (Å²) in [6.07, 6.45) is 5.69. The van der Waals surface area contributed by atoms with Gasteiger partial charge in [0, 0.05) is 6.04 Å². The van der Waals surface area contributed by atoms with Gasteiger partial charge >= 0.3 is 0 Å². The lowest BCUT2D eigenvalue weighted by Crippen LogP contribution is -2.42. The first-order valence-electron chi connectivity index (χ1n) is 4.76. The number of hydrogen-bond acceptors (Lipinski definition) is 2. The molecular weight excluding hydrogens is 138 g/mol. The first kappa shape index (κ1) is 9.01. The Morgan fingerprint density at radius 3 is 2.73 bits per heavy atom. The molecule has 1 aliphatic carbocycles. The highest BCUT2D eigenvalue weighted by molar-refractivity contribution is 4.79. The normalized spacial score (nSPS) is 32.2. The van der Waals surface area contributed by atoms with Gasteiger partial charge in [-0.2, -0.15) is 0 Å². The molecule has 11 heavy (non-hydrogen) atoms. The second kappa shape index (κ2) is 4.73. The lowest BCUT2D eigenvalue weighted by atomic mass is 9.92. The molecule has 0 radical (unpaired) electrons. The van der Waals surface area contributed by atoms with Crippen LogP contribution in [0.15, 0.2) is 0 Å². The Labute approximate surface area is 69.0 Å².